The number of nitrogens with zero attached hydrogens (tertiary/aromatic N) is 3. The van der Waals surface area contributed by atoms with Crippen LogP contribution in [0.3, 0.4) is 0 Å². The molecule has 2 aromatic rings. The minimum Gasteiger partial charge on any atom is -0.345 e. The molecule has 1 aromatic heterocycles. The fourth-order valence-corrected chi connectivity index (χ4v) is 2.79. The van der Waals surface area contributed by atoms with Gasteiger partial charge in [-0.2, -0.15) is 5.10 Å². The molecule has 0 saturated carbocycles. The summed E-state index contributed by atoms with van der Waals surface area (Å²) in [6.07, 6.45) is -1.06. The standard InChI is InChI=1S/C15H16F3N5/c16-9-1-2-12(18)11(5-9)13-6-10(17)7-23(13)15-4-3-14(20-8-19)21-22-15/h1-5,10,13H,6-8,19H2,(H,20,21)/t10-,13+/m0/s1. The van der Waals surface area contributed by atoms with Gasteiger partial charge in [-0.1, -0.05) is 0 Å². The molecular weight excluding hydrogens is 307 g/mol. The van der Waals surface area contributed by atoms with Crippen molar-refractivity contribution in [1.82, 2.24) is 10.2 Å². The number of alkyl halides is 1. The first-order valence-corrected chi connectivity index (χ1v) is 7.20. The number of aromatic nitrogens is 2. The van der Waals surface area contributed by atoms with E-state index in [-0.39, 0.29) is 25.2 Å². The summed E-state index contributed by atoms with van der Waals surface area (Å²) in [5.41, 5.74) is 5.93. The van der Waals surface area contributed by atoms with Crippen LogP contribution in [0.1, 0.15) is 18.0 Å². The Balaban J connectivity index is 1.96. The Bertz CT molecular complexity index is 741. The Morgan fingerprint density at radius 2 is 2.13 bits per heavy atom. The third-order valence-electron chi connectivity index (χ3n) is 3.80. The summed E-state index contributed by atoms with van der Waals surface area (Å²) < 4.78 is 41.4. The van der Waals surface area contributed by atoms with Gasteiger partial charge >= 0.3 is 0 Å². The maximum atomic E-state index is 14.0. The summed E-state index contributed by atoms with van der Waals surface area (Å²) >= 11 is 0. The van der Waals surface area contributed by atoms with Gasteiger partial charge in [-0.3, -0.25) is 10.1 Å². The number of H-pyrrole nitrogens is 1. The molecule has 0 amide bonds. The van der Waals surface area contributed by atoms with E-state index >= 15 is 0 Å². The summed E-state index contributed by atoms with van der Waals surface area (Å²) in [4.78, 5) is 5.57. The van der Waals surface area contributed by atoms with Crippen molar-refractivity contribution in [1.29, 1.82) is 0 Å². The van der Waals surface area contributed by atoms with Gasteiger partial charge in [0.1, 0.15) is 29.1 Å². The van der Waals surface area contributed by atoms with E-state index in [9.17, 15) is 13.2 Å². The zero-order chi connectivity index (χ0) is 16.4. The second-order valence-electron chi connectivity index (χ2n) is 5.31. The van der Waals surface area contributed by atoms with E-state index in [1.165, 1.54) is 0 Å². The third kappa shape index (κ3) is 3.21. The number of halogens is 3. The minimum atomic E-state index is -1.14. The molecule has 0 aliphatic carbocycles. The monoisotopic (exact) mass is 323 g/mol. The van der Waals surface area contributed by atoms with Crippen molar-refractivity contribution in [2.24, 2.45) is 10.7 Å². The van der Waals surface area contributed by atoms with Crippen molar-refractivity contribution in [3.8, 4) is 0 Å². The first kappa shape index (κ1) is 15.5. The van der Waals surface area contributed by atoms with Crippen LogP contribution in [0.5, 0.6) is 0 Å². The molecular formula is C15H16F3N5. The first-order valence-electron chi connectivity index (χ1n) is 7.20. The lowest BCUT2D eigenvalue weighted by Crippen LogP contribution is -2.27. The maximum Gasteiger partial charge on any atom is 0.149 e. The Morgan fingerprint density at radius 3 is 2.83 bits per heavy atom. The number of aromatic amines is 1. The van der Waals surface area contributed by atoms with Crippen LogP contribution in [0.25, 0.3) is 0 Å². The van der Waals surface area contributed by atoms with Crippen molar-refractivity contribution in [2.45, 2.75) is 18.6 Å². The number of nitrogens with two attached hydrogens (primary N) is 1. The number of anilines is 1. The number of benzene rings is 1. The molecule has 3 rings (SSSR count). The average molecular weight is 323 g/mol. The van der Waals surface area contributed by atoms with Crippen LogP contribution < -0.4 is 16.1 Å². The number of rotatable bonds is 3. The fraction of sp³-hybridized carbons (Fsp3) is 0.333. The maximum absolute atomic E-state index is 14.0. The van der Waals surface area contributed by atoms with Gasteiger partial charge in [-0.05, 0) is 30.3 Å². The van der Waals surface area contributed by atoms with E-state index in [2.05, 4.69) is 15.2 Å². The molecule has 1 aliphatic rings. The van der Waals surface area contributed by atoms with Crippen LogP contribution in [0.15, 0.2) is 35.3 Å². The summed E-state index contributed by atoms with van der Waals surface area (Å²) in [6.45, 7) is 0.180. The van der Waals surface area contributed by atoms with Crippen molar-refractivity contribution in [3.05, 3.63) is 53.0 Å². The Kier molecular flexibility index (Phi) is 4.33. The van der Waals surface area contributed by atoms with E-state index in [0.29, 0.717) is 11.3 Å². The van der Waals surface area contributed by atoms with Crippen molar-refractivity contribution < 1.29 is 13.2 Å². The predicted molar refractivity (Wildman–Crippen MR) is 79.2 cm³/mol. The second-order valence-corrected chi connectivity index (χ2v) is 5.31. The summed E-state index contributed by atoms with van der Waals surface area (Å²) in [5, 5.41) is 6.81. The molecule has 0 spiro atoms. The van der Waals surface area contributed by atoms with Crippen LogP contribution >= 0.6 is 0 Å². The first-order chi connectivity index (χ1) is 11.1. The highest BCUT2D eigenvalue weighted by Gasteiger charge is 2.35. The van der Waals surface area contributed by atoms with Crippen molar-refractivity contribution in [2.75, 3.05) is 18.1 Å². The zero-order valence-corrected chi connectivity index (χ0v) is 12.2. The lowest BCUT2D eigenvalue weighted by Gasteiger charge is -2.25. The van der Waals surface area contributed by atoms with Crippen LogP contribution in [0.4, 0.5) is 19.0 Å². The van der Waals surface area contributed by atoms with E-state index in [0.717, 1.165) is 18.2 Å². The van der Waals surface area contributed by atoms with Gasteiger partial charge in [-0.25, -0.2) is 13.2 Å². The summed E-state index contributed by atoms with van der Waals surface area (Å²) in [5.74, 6) is -0.677. The quantitative estimate of drug-likeness (QED) is 0.905. The highest BCUT2D eigenvalue weighted by atomic mass is 19.1. The molecule has 1 aromatic carbocycles. The molecule has 2 heterocycles. The van der Waals surface area contributed by atoms with E-state index < -0.39 is 23.8 Å². The summed E-state index contributed by atoms with van der Waals surface area (Å²) in [6, 6.07) is 5.89. The van der Waals surface area contributed by atoms with Crippen molar-refractivity contribution in [3.63, 3.8) is 0 Å². The number of hydrogen-bond acceptors (Lipinski definition) is 4. The van der Waals surface area contributed by atoms with E-state index in [1.807, 2.05) is 0 Å². The molecule has 0 bridgehead atoms. The smallest absolute Gasteiger partial charge is 0.149 e. The third-order valence-corrected chi connectivity index (χ3v) is 3.80. The van der Waals surface area contributed by atoms with Crippen LogP contribution in [0.2, 0.25) is 0 Å². The highest BCUT2D eigenvalue weighted by molar-refractivity contribution is 5.44. The predicted octanol–water partition coefficient (Wildman–Crippen LogP) is 1.79. The van der Waals surface area contributed by atoms with Gasteiger partial charge in [0.05, 0.1) is 19.3 Å². The largest absolute Gasteiger partial charge is 0.345 e. The molecule has 122 valence electrons. The van der Waals surface area contributed by atoms with Crippen LogP contribution in [-0.4, -0.2) is 29.6 Å². The molecule has 23 heavy (non-hydrogen) atoms. The molecule has 0 unspecified atom stereocenters. The van der Waals surface area contributed by atoms with Gasteiger partial charge in [0.25, 0.3) is 0 Å². The molecule has 3 N–H and O–H groups in total. The Hall–Kier alpha value is -2.35. The Labute approximate surface area is 130 Å². The normalized spacial score (nSPS) is 21.9. The average Bonchev–Trinajstić information content (AvgIpc) is 2.92. The summed E-state index contributed by atoms with van der Waals surface area (Å²) in [7, 11) is 0. The molecule has 8 heteroatoms. The second kappa shape index (κ2) is 6.41. The minimum absolute atomic E-state index is 0.0643. The van der Waals surface area contributed by atoms with Gasteiger partial charge < -0.3 is 10.6 Å². The molecule has 1 saturated heterocycles. The topological polar surface area (TPSA) is 70.3 Å². The number of nitrogens with one attached hydrogen (secondary N) is 1. The fourth-order valence-electron chi connectivity index (χ4n) is 2.79. The zero-order valence-electron chi connectivity index (χ0n) is 12.2. The molecule has 1 fully saturated rings. The molecule has 2 atom stereocenters. The van der Waals surface area contributed by atoms with Crippen LogP contribution in [0, 0.1) is 11.6 Å². The van der Waals surface area contributed by atoms with E-state index in [4.69, 9.17) is 5.73 Å². The van der Waals surface area contributed by atoms with Gasteiger partial charge in [0, 0.05) is 12.0 Å². The highest BCUT2D eigenvalue weighted by Crippen LogP contribution is 2.37. The van der Waals surface area contributed by atoms with Gasteiger partial charge in [-0.15, -0.1) is 0 Å². The number of hydrogen-bond donors (Lipinski definition) is 2. The van der Waals surface area contributed by atoms with Gasteiger partial charge in [0.15, 0.2) is 0 Å². The molecule has 1 aliphatic heterocycles. The van der Waals surface area contributed by atoms with Gasteiger partial charge in [0.2, 0.25) is 0 Å². The lowest BCUT2D eigenvalue weighted by atomic mass is 10.0. The Morgan fingerprint density at radius 1 is 1.30 bits per heavy atom. The van der Waals surface area contributed by atoms with Crippen LogP contribution in [-0.2, 0) is 0 Å². The molecule has 5 nitrogen and oxygen atoms in total. The molecule has 0 radical (unpaired) electrons. The van der Waals surface area contributed by atoms with E-state index in [1.54, 1.807) is 17.0 Å². The SMILES string of the molecule is NC/N=c1/ccc(N2C[C@@H](F)C[C@@H]2c2cc(F)ccc2F)n[nH]1. The lowest BCUT2D eigenvalue weighted by molar-refractivity contribution is 0.355. The van der Waals surface area contributed by atoms with Crippen molar-refractivity contribution >= 4 is 5.82 Å².